The number of halogens is 1. The maximum atomic E-state index is 12.8. The topological polar surface area (TPSA) is 56.0 Å². The molecule has 0 saturated carbocycles. The fraction of sp³-hybridized carbons (Fsp3) is 0.308. The molecule has 1 aliphatic heterocycles. The van der Waals surface area contributed by atoms with Gasteiger partial charge in [0, 0.05) is 10.6 Å². The van der Waals surface area contributed by atoms with Gasteiger partial charge in [0.25, 0.3) is 0 Å². The summed E-state index contributed by atoms with van der Waals surface area (Å²) in [6, 6.07) is 6.24. The van der Waals surface area contributed by atoms with Crippen molar-refractivity contribution in [1.29, 1.82) is 0 Å². The molecule has 0 radical (unpaired) electrons. The summed E-state index contributed by atoms with van der Waals surface area (Å²) in [6.07, 6.45) is 0. The molecular formula is C13H11FN2O2S2. The van der Waals surface area contributed by atoms with Crippen LogP contribution in [0.15, 0.2) is 33.7 Å². The van der Waals surface area contributed by atoms with Gasteiger partial charge in [0.15, 0.2) is 11.6 Å². The Hall–Kier alpha value is -1.34. The van der Waals surface area contributed by atoms with E-state index in [1.165, 1.54) is 23.9 Å². The number of rotatable bonds is 4. The molecule has 4 nitrogen and oxygen atoms in total. The minimum Gasteiger partial charge on any atom is -0.338 e. The van der Waals surface area contributed by atoms with Crippen LogP contribution in [0.5, 0.6) is 0 Å². The third-order valence-corrected chi connectivity index (χ3v) is 4.95. The Morgan fingerprint density at radius 1 is 1.40 bits per heavy atom. The molecule has 2 heterocycles. The summed E-state index contributed by atoms with van der Waals surface area (Å²) >= 11 is 3.08. The normalized spacial score (nSPS) is 18.6. The standard InChI is InChI=1S/C13H11FN2O2S2/c14-8-1-3-9(4-2-8)20-7-12-15-13(18-16-12)10-5-19-6-11(10)17/h1-4,10H,5-7H2. The zero-order chi connectivity index (χ0) is 13.9. The molecular weight excluding hydrogens is 299 g/mol. The summed E-state index contributed by atoms with van der Waals surface area (Å²) in [7, 11) is 0. The van der Waals surface area contributed by atoms with Crippen molar-refractivity contribution in [1.82, 2.24) is 10.1 Å². The van der Waals surface area contributed by atoms with Crippen molar-refractivity contribution in [2.75, 3.05) is 11.5 Å². The molecule has 0 amide bonds. The Morgan fingerprint density at radius 2 is 2.20 bits per heavy atom. The molecule has 104 valence electrons. The lowest BCUT2D eigenvalue weighted by Gasteiger charge is -1.98. The van der Waals surface area contributed by atoms with Crippen molar-refractivity contribution >= 4 is 29.3 Å². The van der Waals surface area contributed by atoms with Crippen molar-refractivity contribution < 1.29 is 13.7 Å². The smallest absolute Gasteiger partial charge is 0.238 e. The molecule has 1 fully saturated rings. The van der Waals surface area contributed by atoms with E-state index in [1.54, 1.807) is 23.9 Å². The highest BCUT2D eigenvalue weighted by Gasteiger charge is 2.31. The maximum Gasteiger partial charge on any atom is 0.238 e. The van der Waals surface area contributed by atoms with E-state index in [0.717, 1.165) is 4.90 Å². The molecule has 0 N–H and O–H groups in total. The number of ketones is 1. The van der Waals surface area contributed by atoms with E-state index >= 15 is 0 Å². The van der Waals surface area contributed by atoms with Gasteiger partial charge in [-0.2, -0.15) is 16.7 Å². The van der Waals surface area contributed by atoms with Crippen LogP contribution in [0.4, 0.5) is 4.39 Å². The molecule has 1 saturated heterocycles. The first-order valence-corrected chi connectivity index (χ1v) is 8.18. The Labute approximate surface area is 123 Å². The highest BCUT2D eigenvalue weighted by molar-refractivity contribution is 8.00. The number of thioether (sulfide) groups is 2. The maximum absolute atomic E-state index is 12.8. The van der Waals surface area contributed by atoms with Gasteiger partial charge < -0.3 is 4.52 Å². The number of Topliss-reactive ketones (excluding diaryl/α,β-unsaturated/α-hetero) is 1. The summed E-state index contributed by atoms with van der Waals surface area (Å²) < 4.78 is 17.9. The van der Waals surface area contributed by atoms with Gasteiger partial charge in [-0.15, -0.1) is 11.8 Å². The van der Waals surface area contributed by atoms with Crippen LogP contribution in [-0.2, 0) is 10.5 Å². The third kappa shape index (κ3) is 3.04. The molecule has 1 aromatic carbocycles. The van der Waals surface area contributed by atoms with Crippen molar-refractivity contribution in [2.45, 2.75) is 16.6 Å². The number of hydrogen-bond acceptors (Lipinski definition) is 6. The van der Waals surface area contributed by atoms with Gasteiger partial charge in [-0.1, -0.05) is 5.16 Å². The second-order valence-corrected chi connectivity index (χ2v) is 6.40. The number of nitrogens with zero attached hydrogens (tertiary/aromatic N) is 2. The summed E-state index contributed by atoms with van der Waals surface area (Å²) in [4.78, 5) is 16.8. The molecule has 0 bridgehead atoms. The van der Waals surface area contributed by atoms with E-state index in [1.807, 2.05) is 0 Å². The molecule has 0 aliphatic carbocycles. The van der Waals surface area contributed by atoms with Gasteiger partial charge >= 0.3 is 0 Å². The van der Waals surface area contributed by atoms with Gasteiger partial charge in [0.2, 0.25) is 5.89 Å². The van der Waals surface area contributed by atoms with Crippen molar-refractivity contribution in [3.05, 3.63) is 41.8 Å². The Morgan fingerprint density at radius 3 is 2.90 bits per heavy atom. The summed E-state index contributed by atoms with van der Waals surface area (Å²) in [5, 5.41) is 3.89. The molecule has 1 unspecified atom stereocenters. The van der Waals surface area contributed by atoms with Gasteiger partial charge in [-0.05, 0) is 24.3 Å². The Bertz CT molecular complexity index is 615. The van der Waals surface area contributed by atoms with Crippen LogP contribution >= 0.6 is 23.5 Å². The predicted molar refractivity (Wildman–Crippen MR) is 75.3 cm³/mol. The number of aromatic nitrogens is 2. The van der Waals surface area contributed by atoms with E-state index in [4.69, 9.17) is 4.52 Å². The zero-order valence-electron chi connectivity index (χ0n) is 10.4. The van der Waals surface area contributed by atoms with E-state index < -0.39 is 0 Å². The molecule has 0 spiro atoms. The third-order valence-electron chi connectivity index (χ3n) is 2.88. The highest BCUT2D eigenvalue weighted by atomic mass is 32.2. The average molecular weight is 310 g/mol. The van der Waals surface area contributed by atoms with Crippen molar-refractivity contribution in [2.24, 2.45) is 0 Å². The second kappa shape index (κ2) is 5.97. The van der Waals surface area contributed by atoms with E-state index in [2.05, 4.69) is 10.1 Å². The summed E-state index contributed by atoms with van der Waals surface area (Å²) in [5.41, 5.74) is 0. The second-order valence-electron chi connectivity index (χ2n) is 4.33. The first-order valence-electron chi connectivity index (χ1n) is 6.03. The van der Waals surface area contributed by atoms with Gasteiger partial charge in [0.05, 0.1) is 11.5 Å². The molecule has 7 heteroatoms. The first-order chi connectivity index (χ1) is 9.72. The molecule has 1 aliphatic rings. The van der Waals surface area contributed by atoms with Crippen LogP contribution in [0.1, 0.15) is 17.6 Å². The zero-order valence-corrected chi connectivity index (χ0v) is 12.0. The molecule has 3 rings (SSSR count). The highest BCUT2D eigenvalue weighted by Crippen LogP contribution is 2.29. The lowest BCUT2D eigenvalue weighted by molar-refractivity contribution is -0.117. The molecule has 1 aromatic heterocycles. The minimum atomic E-state index is -0.256. The molecule has 20 heavy (non-hydrogen) atoms. The van der Waals surface area contributed by atoms with Crippen molar-refractivity contribution in [3.8, 4) is 0 Å². The van der Waals surface area contributed by atoms with Crippen LogP contribution in [-0.4, -0.2) is 27.4 Å². The minimum absolute atomic E-state index is 0.149. The van der Waals surface area contributed by atoms with E-state index in [0.29, 0.717) is 29.0 Å². The first kappa shape index (κ1) is 13.6. The van der Waals surface area contributed by atoms with Crippen LogP contribution in [0.3, 0.4) is 0 Å². The summed E-state index contributed by atoms with van der Waals surface area (Å²) in [6.45, 7) is 0. The lowest BCUT2D eigenvalue weighted by Crippen LogP contribution is -2.09. The van der Waals surface area contributed by atoms with Gasteiger partial charge in [0.1, 0.15) is 11.7 Å². The fourth-order valence-electron chi connectivity index (χ4n) is 1.83. The SMILES string of the molecule is O=C1CSCC1c1nc(CSc2ccc(F)cc2)no1. The van der Waals surface area contributed by atoms with Crippen LogP contribution in [0.2, 0.25) is 0 Å². The molecule has 2 aromatic rings. The number of hydrogen-bond donors (Lipinski definition) is 0. The predicted octanol–water partition coefficient (Wildman–Crippen LogP) is 2.90. The van der Waals surface area contributed by atoms with E-state index in [9.17, 15) is 9.18 Å². The van der Waals surface area contributed by atoms with Crippen molar-refractivity contribution in [3.63, 3.8) is 0 Å². The Balaban J connectivity index is 1.62. The number of carbonyl (C=O) groups excluding carboxylic acids is 1. The summed E-state index contributed by atoms with van der Waals surface area (Å²) in [5.74, 6) is 2.37. The van der Waals surface area contributed by atoms with Crippen LogP contribution < -0.4 is 0 Å². The van der Waals surface area contributed by atoms with Gasteiger partial charge in [-0.3, -0.25) is 4.79 Å². The van der Waals surface area contributed by atoms with Crippen LogP contribution in [0.25, 0.3) is 0 Å². The monoisotopic (exact) mass is 310 g/mol. The fourth-order valence-corrected chi connectivity index (χ4v) is 3.65. The number of carbonyl (C=O) groups is 1. The lowest BCUT2D eigenvalue weighted by atomic mass is 10.1. The van der Waals surface area contributed by atoms with Gasteiger partial charge in [-0.25, -0.2) is 4.39 Å². The number of benzene rings is 1. The quantitative estimate of drug-likeness (QED) is 0.809. The van der Waals surface area contributed by atoms with Crippen LogP contribution in [0, 0.1) is 5.82 Å². The largest absolute Gasteiger partial charge is 0.338 e. The Kier molecular flexibility index (Phi) is 4.07. The van der Waals surface area contributed by atoms with E-state index in [-0.39, 0.29) is 17.5 Å². The average Bonchev–Trinajstić information content (AvgIpc) is 3.06. The molecule has 1 atom stereocenters.